The molecule has 0 aliphatic carbocycles. The second-order valence-electron chi connectivity index (χ2n) is 6.86. The Hall–Kier alpha value is -3.84. The number of esters is 1. The fourth-order valence-electron chi connectivity index (χ4n) is 2.72. The van der Waals surface area contributed by atoms with E-state index in [1.165, 1.54) is 13.0 Å². The van der Waals surface area contributed by atoms with E-state index in [0.717, 1.165) is 0 Å². The lowest BCUT2D eigenvalue weighted by molar-refractivity contribution is -0.131. The third-order valence-corrected chi connectivity index (χ3v) is 4.52. The topological polar surface area (TPSA) is 93.7 Å². The van der Waals surface area contributed by atoms with E-state index in [2.05, 4.69) is 10.6 Å². The molecule has 0 aliphatic rings. The molecule has 0 aliphatic heterocycles. The van der Waals surface area contributed by atoms with Crippen molar-refractivity contribution in [3.05, 3.63) is 83.4 Å². The summed E-state index contributed by atoms with van der Waals surface area (Å²) in [6, 6.07) is 19.7. The van der Waals surface area contributed by atoms with Gasteiger partial charge in [0.15, 0.2) is 6.10 Å². The third kappa shape index (κ3) is 6.58. The molecule has 32 heavy (non-hydrogen) atoms. The first kappa shape index (κ1) is 22.8. The van der Waals surface area contributed by atoms with Crippen molar-refractivity contribution in [3.63, 3.8) is 0 Å². The third-order valence-electron chi connectivity index (χ3n) is 4.26. The number of rotatable bonds is 7. The summed E-state index contributed by atoms with van der Waals surface area (Å²) in [4.78, 5) is 35.9. The van der Waals surface area contributed by atoms with Gasteiger partial charge in [-0.3, -0.25) is 14.4 Å². The van der Waals surface area contributed by atoms with Crippen molar-refractivity contribution < 1.29 is 23.9 Å². The molecule has 3 rings (SSSR count). The monoisotopic (exact) mass is 452 g/mol. The number of amides is 2. The SMILES string of the molecule is CC(=O)Oc1cccc(C(=O)Nc2ccc(NC(=O)C(C)Oc3ccc(Cl)cc3)cc2)c1. The number of nitrogens with one attached hydrogen (secondary N) is 2. The van der Waals surface area contributed by atoms with E-state index in [9.17, 15) is 14.4 Å². The van der Waals surface area contributed by atoms with Crippen LogP contribution < -0.4 is 20.1 Å². The van der Waals surface area contributed by atoms with Crippen molar-refractivity contribution >= 4 is 40.8 Å². The van der Waals surface area contributed by atoms with Crippen LogP contribution in [0.25, 0.3) is 0 Å². The van der Waals surface area contributed by atoms with Crippen molar-refractivity contribution in [2.45, 2.75) is 20.0 Å². The summed E-state index contributed by atoms with van der Waals surface area (Å²) in [7, 11) is 0. The lowest BCUT2D eigenvalue weighted by Crippen LogP contribution is -2.30. The highest BCUT2D eigenvalue weighted by molar-refractivity contribution is 6.30. The van der Waals surface area contributed by atoms with Crippen LogP contribution in [0, 0.1) is 0 Å². The van der Waals surface area contributed by atoms with E-state index in [4.69, 9.17) is 21.1 Å². The van der Waals surface area contributed by atoms with Crippen LogP contribution in [-0.2, 0) is 9.59 Å². The standard InChI is InChI=1S/C24H21ClN2O5/c1-15(31-21-12-6-18(25)7-13-21)23(29)26-19-8-10-20(11-9-19)27-24(30)17-4-3-5-22(14-17)32-16(2)28/h3-15H,1-2H3,(H,26,29)(H,27,30). The molecule has 3 aromatic rings. The molecule has 8 heteroatoms. The van der Waals surface area contributed by atoms with E-state index >= 15 is 0 Å². The molecule has 0 bridgehead atoms. The molecular formula is C24H21ClN2O5. The van der Waals surface area contributed by atoms with Gasteiger partial charge in [-0.15, -0.1) is 0 Å². The molecule has 0 aromatic heterocycles. The van der Waals surface area contributed by atoms with Gasteiger partial charge in [-0.1, -0.05) is 17.7 Å². The van der Waals surface area contributed by atoms with Crippen LogP contribution in [0.3, 0.4) is 0 Å². The van der Waals surface area contributed by atoms with Gasteiger partial charge in [-0.25, -0.2) is 0 Å². The van der Waals surface area contributed by atoms with Gasteiger partial charge in [-0.2, -0.15) is 0 Å². The second-order valence-corrected chi connectivity index (χ2v) is 7.29. The van der Waals surface area contributed by atoms with Gasteiger partial charge in [0.05, 0.1) is 0 Å². The predicted octanol–water partition coefficient (Wildman–Crippen LogP) is 4.92. The lowest BCUT2D eigenvalue weighted by Gasteiger charge is -2.15. The molecule has 0 saturated carbocycles. The van der Waals surface area contributed by atoms with E-state index < -0.39 is 12.1 Å². The minimum atomic E-state index is -0.722. The fourth-order valence-corrected chi connectivity index (χ4v) is 2.85. The van der Waals surface area contributed by atoms with Crippen LogP contribution in [-0.4, -0.2) is 23.9 Å². The lowest BCUT2D eigenvalue weighted by atomic mass is 10.2. The summed E-state index contributed by atoms with van der Waals surface area (Å²) < 4.78 is 10.6. The van der Waals surface area contributed by atoms with Crippen molar-refractivity contribution in [3.8, 4) is 11.5 Å². The number of halogens is 1. The van der Waals surface area contributed by atoms with Crippen molar-refractivity contribution in [2.75, 3.05) is 10.6 Å². The predicted molar refractivity (Wildman–Crippen MR) is 122 cm³/mol. The summed E-state index contributed by atoms with van der Waals surface area (Å²) in [5.74, 6) is -0.320. The summed E-state index contributed by atoms with van der Waals surface area (Å²) in [6.07, 6.45) is -0.722. The largest absolute Gasteiger partial charge is 0.481 e. The smallest absolute Gasteiger partial charge is 0.308 e. The molecule has 7 nitrogen and oxygen atoms in total. The van der Waals surface area contributed by atoms with Gasteiger partial charge >= 0.3 is 5.97 Å². The number of hydrogen-bond donors (Lipinski definition) is 2. The van der Waals surface area contributed by atoms with Gasteiger partial charge in [-0.05, 0) is 73.7 Å². The molecule has 164 valence electrons. The molecule has 1 unspecified atom stereocenters. The number of carbonyl (C=O) groups excluding carboxylic acids is 3. The number of anilines is 2. The Bertz CT molecular complexity index is 1110. The minimum Gasteiger partial charge on any atom is -0.481 e. The highest BCUT2D eigenvalue weighted by Crippen LogP contribution is 2.19. The van der Waals surface area contributed by atoms with Gasteiger partial charge in [0, 0.05) is 28.9 Å². The summed E-state index contributed by atoms with van der Waals surface area (Å²) in [5, 5.41) is 6.09. The van der Waals surface area contributed by atoms with Gasteiger partial charge in [0.2, 0.25) is 0 Å². The van der Waals surface area contributed by atoms with Crippen LogP contribution in [0.5, 0.6) is 11.5 Å². The maximum absolute atomic E-state index is 12.5. The number of hydrogen-bond acceptors (Lipinski definition) is 5. The molecule has 3 aromatic carbocycles. The van der Waals surface area contributed by atoms with Gasteiger partial charge in [0.25, 0.3) is 11.8 Å². The van der Waals surface area contributed by atoms with E-state index in [1.54, 1.807) is 73.7 Å². The van der Waals surface area contributed by atoms with Crippen molar-refractivity contribution in [1.29, 1.82) is 0 Å². The van der Waals surface area contributed by atoms with E-state index in [0.29, 0.717) is 27.7 Å². The maximum Gasteiger partial charge on any atom is 0.308 e. The number of ether oxygens (including phenoxy) is 2. The zero-order valence-corrected chi connectivity index (χ0v) is 18.2. The summed E-state index contributed by atoms with van der Waals surface area (Å²) >= 11 is 5.84. The van der Waals surface area contributed by atoms with Crippen LogP contribution >= 0.6 is 11.6 Å². The fraction of sp³-hybridized carbons (Fsp3) is 0.125. The normalized spacial score (nSPS) is 11.2. The molecular weight excluding hydrogens is 432 g/mol. The Morgan fingerprint density at radius 2 is 1.47 bits per heavy atom. The Balaban J connectivity index is 1.56. The van der Waals surface area contributed by atoms with Crippen molar-refractivity contribution in [2.24, 2.45) is 0 Å². The average molecular weight is 453 g/mol. The molecule has 0 heterocycles. The molecule has 2 amide bonds. The first-order chi connectivity index (χ1) is 15.3. The number of carbonyl (C=O) groups is 3. The Morgan fingerprint density at radius 3 is 2.09 bits per heavy atom. The van der Waals surface area contributed by atoms with Crippen LogP contribution in [0.15, 0.2) is 72.8 Å². The van der Waals surface area contributed by atoms with E-state index in [1.807, 2.05) is 0 Å². The van der Waals surface area contributed by atoms with Crippen LogP contribution in [0.4, 0.5) is 11.4 Å². The minimum absolute atomic E-state index is 0.290. The molecule has 0 radical (unpaired) electrons. The quantitative estimate of drug-likeness (QED) is 0.392. The molecule has 2 N–H and O–H groups in total. The highest BCUT2D eigenvalue weighted by Gasteiger charge is 2.15. The molecule has 0 saturated heterocycles. The molecule has 1 atom stereocenters. The zero-order chi connectivity index (χ0) is 23.1. The Labute approximate surface area is 190 Å². The first-order valence-corrected chi connectivity index (χ1v) is 10.1. The van der Waals surface area contributed by atoms with Gasteiger partial charge < -0.3 is 20.1 Å². The van der Waals surface area contributed by atoms with E-state index in [-0.39, 0.29) is 17.6 Å². The Kier molecular flexibility index (Phi) is 7.46. The second kappa shape index (κ2) is 10.5. The van der Waals surface area contributed by atoms with Crippen LogP contribution in [0.2, 0.25) is 5.02 Å². The first-order valence-electron chi connectivity index (χ1n) is 9.73. The summed E-state index contributed by atoms with van der Waals surface area (Å²) in [5.41, 5.74) is 1.43. The zero-order valence-electron chi connectivity index (χ0n) is 17.4. The average Bonchev–Trinajstić information content (AvgIpc) is 2.76. The number of benzene rings is 3. The Morgan fingerprint density at radius 1 is 0.844 bits per heavy atom. The summed E-state index contributed by atoms with van der Waals surface area (Å²) in [6.45, 7) is 2.93. The van der Waals surface area contributed by atoms with Crippen LogP contribution in [0.1, 0.15) is 24.2 Å². The van der Waals surface area contributed by atoms with Gasteiger partial charge in [0.1, 0.15) is 11.5 Å². The molecule has 0 spiro atoms. The molecule has 0 fully saturated rings. The maximum atomic E-state index is 12.5. The van der Waals surface area contributed by atoms with Crippen molar-refractivity contribution in [1.82, 2.24) is 0 Å². The highest BCUT2D eigenvalue weighted by atomic mass is 35.5.